The van der Waals surface area contributed by atoms with Gasteiger partial charge in [0, 0.05) is 63.6 Å². The molecule has 2 atom stereocenters. The van der Waals surface area contributed by atoms with Crippen LogP contribution >= 0.6 is 0 Å². The van der Waals surface area contributed by atoms with Crippen LogP contribution in [0.2, 0.25) is 0 Å². The normalized spacial score (nSPS) is 20.0. The van der Waals surface area contributed by atoms with E-state index in [0.717, 1.165) is 55.2 Å². The number of methoxy groups -OCH3 is 1. The number of carbonyl (C=O) groups excluding carboxylic acids is 1. The fourth-order valence-electron chi connectivity index (χ4n) is 4.59. The van der Waals surface area contributed by atoms with Gasteiger partial charge in [0.1, 0.15) is 17.6 Å². The molecule has 8 nitrogen and oxygen atoms in total. The lowest BCUT2D eigenvalue weighted by Crippen LogP contribution is -2.44. The van der Waals surface area contributed by atoms with Gasteiger partial charge < -0.3 is 19.5 Å². The molecule has 34 heavy (non-hydrogen) atoms. The Morgan fingerprint density at radius 3 is 2.88 bits per heavy atom. The summed E-state index contributed by atoms with van der Waals surface area (Å²) >= 11 is 0. The number of benzene rings is 1. The molecule has 1 N–H and O–H groups in total. The number of amides is 1. The van der Waals surface area contributed by atoms with Crippen LogP contribution in [0, 0.1) is 0 Å². The van der Waals surface area contributed by atoms with Crippen molar-refractivity contribution in [2.75, 3.05) is 53.0 Å². The highest BCUT2D eigenvalue weighted by molar-refractivity contribution is 5.76. The highest BCUT2D eigenvalue weighted by atomic mass is 16.5. The maximum Gasteiger partial charge on any atom is 0.221 e. The number of hydrogen-bond donors (Lipinski definition) is 1. The largest absolute Gasteiger partial charge is 0.497 e. The third-order valence-electron chi connectivity index (χ3n) is 6.58. The average Bonchev–Trinajstić information content (AvgIpc) is 3.07. The first kappa shape index (κ1) is 24.4. The van der Waals surface area contributed by atoms with Gasteiger partial charge in [-0.1, -0.05) is 13.0 Å². The van der Waals surface area contributed by atoms with Gasteiger partial charge in [-0.3, -0.25) is 19.6 Å². The van der Waals surface area contributed by atoms with E-state index < -0.39 is 0 Å². The molecular weight excluding hydrogens is 432 g/mol. The zero-order chi connectivity index (χ0) is 23.8. The number of pyridine rings is 1. The summed E-state index contributed by atoms with van der Waals surface area (Å²) in [7, 11) is 1.67. The number of aromatic nitrogens is 1. The van der Waals surface area contributed by atoms with E-state index in [1.165, 1.54) is 0 Å². The van der Waals surface area contributed by atoms with Crippen LogP contribution in [0.1, 0.15) is 36.9 Å². The van der Waals surface area contributed by atoms with Crippen LogP contribution < -0.4 is 14.8 Å². The number of carbonyl (C=O) groups is 1. The molecule has 1 saturated heterocycles. The van der Waals surface area contributed by atoms with Gasteiger partial charge in [-0.25, -0.2) is 0 Å². The van der Waals surface area contributed by atoms with Crippen LogP contribution in [0.4, 0.5) is 0 Å². The number of nitrogens with one attached hydrogen (secondary N) is 1. The van der Waals surface area contributed by atoms with Crippen molar-refractivity contribution >= 4 is 5.91 Å². The SMILES string of the molecule is CC[C@@H]1CN(CCC(=O)NC[C@H](c2cccnc2)N2CCOCC2)Cc2cc(OC)ccc2O1. The second-order valence-corrected chi connectivity index (χ2v) is 8.86. The second kappa shape index (κ2) is 12.1. The van der Waals surface area contributed by atoms with Crippen molar-refractivity contribution in [3.63, 3.8) is 0 Å². The highest BCUT2D eigenvalue weighted by Gasteiger charge is 2.25. The Bertz CT molecular complexity index is 920. The number of nitrogens with zero attached hydrogens (tertiary/aromatic N) is 3. The summed E-state index contributed by atoms with van der Waals surface area (Å²) in [5.74, 6) is 1.79. The zero-order valence-corrected chi connectivity index (χ0v) is 20.2. The Labute approximate surface area is 202 Å². The molecule has 0 aliphatic carbocycles. The van der Waals surface area contributed by atoms with Gasteiger partial charge in [0.25, 0.3) is 0 Å². The van der Waals surface area contributed by atoms with Crippen molar-refractivity contribution in [1.82, 2.24) is 20.1 Å². The zero-order valence-electron chi connectivity index (χ0n) is 20.2. The molecule has 3 heterocycles. The Balaban J connectivity index is 1.34. The minimum atomic E-state index is 0.0613. The van der Waals surface area contributed by atoms with Gasteiger partial charge in [-0.2, -0.15) is 0 Å². The van der Waals surface area contributed by atoms with Gasteiger partial charge in [-0.15, -0.1) is 0 Å². The lowest BCUT2D eigenvalue weighted by molar-refractivity contribution is -0.121. The average molecular weight is 469 g/mol. The highest BCUT2D eigenvalue weighted by Crippen LogP contribution is 2.29. The molecule has 1 amide bonds. The molecular formula is C26H36N4O4. The molecule has 2 aliphatic heterocycles. The third kappa shape index (κ3) is 6.46. The number of morpholine rings is 1. The van der Waals surface area contributed by atoms with E-state index in [0.29, 0.717) is 32.7 Å². The van der Waals surface area contributed by atoms with Crippen LogP contribution in [-0.2, 0) is 16.1 Å². The molecule has 0 bridgehead atoms. The van der Waals surface area contributed by atoms with E-state index >= 15 is 0 Å². The monoisotopic (exact) mass is 468 g/mol. The third-order valence-corrected chi connectivity index (χ3v) is 6.58. The Kier molecular flexibility index (Phi) is 8.73. The maximum absolute atomic E-state index is 12.8. The summed E-state index contributed by atoms with van der Waals surface area (Å²) in [6.45, 7) is 8.04. The number of fused-ring (bicyclic) bond motifs is 1. The van der Waals surface area contributed by atoms with E-state index in [-0.39, 0.29) is 18.1 Å². The molecule has 0 spiro atoms. The Morgan fingerprint density at radius 2 is 2.15 bits per heavy atom. The van der Waals surface area contributed by atoms with Gasteiger partial charge in [0.2, 0.25) is 5.91 Å². The van der Waals surface area contributed by atoms with Gasteiger partial charge in [-0.05, 0) is 36.2 Å². The quantitative estimate of drug-likeness (QED) is 0.606. The van der Waals surface area contributed by atoms with Crippen molar-refractivity contribution in [3.8, 4) is 11.5 Å². The van der Waals surface area contributed by atoms with Crippen molar-refractivity contribution in [2.45, 2.75) is 38.5 Å². The maximum atomic E-state index is 12.8. The summed E-state index contributed by atoms with van der Waals surface area (Å²) in [6.07, 6.45) is 5.13. The fourth-order valence-corrected chi connectivity index (χ4v) is 4.59. The molecule has 8 heteroatoms. The van der Waals surface area contributed by atoms with Crippen LogP contribution in [0.5, 0.6) is 11.5 Å². The first-order valence-corrected chi connectivity index (χ1v) is 12.2. The van der Waals surface area contributed by atoms with Crippen LogP contribution in [0.15, 0.2) is 42.7 Å². The summed E-state index contributed by atoms with van der Waals surface area (Å²) in [5.41, 5.74) is 2.21. The van der Waals surface area contributed by atoms with E-state index in [9.17, 15) is 4.79 Å². The molecule has 1 aromatic carbocycles. The number of hydrogen-bond acceptors (Lipinski definition) is 7. The van der Waals surface area contributed by atoms with E-state index in [4.69, 9.17) is 14.2 Å². The molecule has 2 aromatic rings. The van der Waals surface area contributed by atoms with Crippen molar-refractivity contribution in [1.29, 1.82) is 0 Å². The molecule has 1 aromatic heterocycles. The molecule has 0 radical (unpaired) electrons. The second-order valence-electron chi connectivity index (χ2n) is 8.86. The van der Waals surface area contributed by atoms with E-state index in [1.54, 1.807) is 13.3 Å². The Morgan fingerprint density at radius 1 is 1.29 bits per heavy atom. The van der Waals surface area contributed by atoms with Crippen LogP contribution in [0.3, 0.4) is 0 Å². The van der Waals surface area contributed by atoms with Gasteiger partial charge in [0.05, 0.1) is 26.4 Å². The summed E-state index contributed by atoms with van der Waals surface area (Å²) < 4.78 is 17.1. The molecule has 0 unspecified atom stereocenters. The van der Waals surface area contributed by atoms with E-state index in [2.05, 4.69) is 33.1 Å². The Hall–Kier alpha value is -2.68. The van der Waals surface area contributed by atoms with E-state index in [1.807, 2.05) is 30.5 Å². The van der Waals surface area contributed by atoms with Gasteiger partial charge in [0.15, 0.2) is 0 Å². The lowest BCUT2D eigenvalue weighted by atomic mass is 10.1. The van der Waals surface area contributed by atoms with Crippen molar-refractivity contribution < 1.29 is 19.0 Å². The predicted molar refractivity (Wildman–Crippen MR) is 130 cm³/mol. The standard InChI is InChI=1S/C26H36N4O4/c1-3-22-19-29(18-21-15-23(32-2)6-7-25(21)34-22)10-8-26(31)28-17-24(20-5-4-9-27-16-20)30-11-13-33-14-12-30/h4-7,9,15-16,22,24H,3,8,10-14,17-19H2,1-2H3,(H,28,31)/t22-,24-/m1/s1. The minimum Gasteiger partial charge on any atom is -0.497 e. The summed E-state index contributed by atoms with van der Waals surface area (Å²) in [4.78, 5) is 21.8. The fraction of sp³-hybridized carbons (Fsp3) is 0.538. The number of ether oxygens (including phenoxy) is 3. The van der Waals surface area contributed by atoms with Crippen LogP contribution in [-0.4, -0.2) is 79.8 Å². The minimum absolute atomic E-state index is 0.0613. The number of rotatable bonds is 9. The van der Waals surface area contributed by atoms with Gasteiger partial charge >= 0.3 is 0 Å². The molecule has 2 aliphatic rings. The first-order chi connectivity index (χ1) is 16.7. The molecule has 0 saturated carbocycles. The molecule has 1 fully saturated rings. The predicted octanol–water partition coefficient (Wildman–Crippen LogP) is 2.64. The summed E-state index contributed by atoms with van der Waals surface area (Å²) in [5, 5.41) is 3.17. The first-order valence-electron chi connectivity index (χ1n) is 12.2. The molecule has 4 rings (SSSR count). The summed E-state index contributed by atoms with van der Waals surface area (Å²) in [6, 6.07) is 10.1. The van der Waals surface area contributed by atoms with Crippen LogP contribution in [0.25, 0.3) is 0 Å². The topological polar surface area (TPSA) is 76.2 Å². The smallest absolute Gasteiger partial charge is 0.221 e. The van der Waals surface area contributed by atoms with Crippen molar-refractivity contribution in [3.05, 3.63) is 53.9 Å². The molecule has 184 valence electrons. The van der Waals surface area contributed by atoms with Crippen molar-refractivity contribution in [2.24, 2.45) is 0 Å². The lowest BCUT2D eigenvalue weighted by Gasteiger charge is -2.34.